The van der Waals surface area contributed by atoms with Gasteiger partial charge in [-0.25, -0.2) is 3.21 Å². The summed E-state index contributed by atoms with van der Waals surface area (Å²) in [5.41, 5.74) is 3.80. The summed E-state index contributed by atoms with van der Waals surface area (Å²) in [6.07, 6.45) is 1.39. The van der Waals surface area contributed by atoms with Gasteiger partial charge in [-0.15, -0.1) is 0 Å². The normalized spacial score (nSPS) is 11.1. The lowest BCUT2D eigenvalue weighted by atomic mass is 10.1. The number of rotatable bonds is 7. The molecule has 0 saturated carbocycles. The predicted molar refractivity (Wildman–Crippen MR) is 107 cm³/mol. The van der Waals surface area contributed by atoms with Crippen molar-refractivity contribution in [1.82, 2.24) is 5.32 Å². The zero-order chi connectivity index (χ0) is 18.2. The van der Waals surface area contributed by atoms with Crippen LogP contribution in [0.3, 0.4) is 0 Å². The monoisotopic (exact) mass is 450 g/mol. The smallest absolute Gasteiger partial charge is 0.271 e. The Morgan fingerprint density at radius 1 is 1.24 bits per heavy atom. The van der Waals surface area contributed by atoms with Gasteiger partial charge in [-0.2, -0.15) is 0 Å². The minimum absolute atomic E-state index is 0.213. The van der Waals surface area contributed by atoms with Gasteiger partial charge in [-0.1, -0.05) is 35.9 Å². The molecule has 0 saturated heterocycles. The third-order valence-electron chi connectivity index (χ3n) is 3.75. The lowest BCUT2D eigenvalue weighted by Crippen LogP contribution is -2.32. The molecular weight excluding hydrogens is 431 g/mol. The van der Waals surface area contributed by atoms with E-state index < -0.39 is 0 Å². The summed E-state index contributed by atoms with van der Waals surface area (Å²) < 4.78 is 9.27. The molecule has 0 heterocycles. The summed E-state index contributed by atoms with van der Waals surface area (Å²) in [5.74, 6) is 0.322. The van der Waals surface area contributed by atoms with Gasteiger partial charge in [0.15, 0.2) is 6.29 Å². The average molecular weight is 450 g/mol. The molecule has 0 bridgehead atoms. The van der Waals surface area contributed by atoms with Crippen LogP contribution in [0, 0.1) is 6.92 Å². The minimum Gasteiger partial charge on any atom is -0.496 e. The van der Waals surface area contributed by atoms with Crippen LogP contribution in [0.5, 0.6) is 5.75 Å². The van der Waals surface area contributed by atoms with E-state index in [1.165, 1.54) is 7.11 Å². The number of hydrogen-bond acceptors (Lipinski definition) is 4. The highest BCUT2D eigenvalue weighted by Crippen LogP contribution is 2.18. The number of nitrogens with zero attached hydrogens (tertiary/aromatic N) is 1. The number of methoxy groups -OCH3 is 1. The molecule has 0 spiro atoms. The molecule has 6 heteroatoms. The Hall–Kier alpha value is -2.22. The standard InChI is InChI=1S/C19H19IN2O3/c1-13-3-6-15(7-4-13)18(22-20)19(24)21-10-9-14-5-8-16(12-23)17(11-14)25-2/h3-8,11-12H,9-10H2,1-2H3,(H,21,24)/b22-18-. The molecular formula is C19H19IN2O3. The first kappa shape index (κ1) is 19.1. The molecule has 2 aromatic rings. The molecule has 0 atom stereocenters. The summed E-state index contributed by atoms with van der Waals surface area (Å²) in [6.45, 7) is 2.46. The minimum atomic E-state index is -0.213. The maximum atomic E-state index is 12.4. The van der Waals surface area contributed by atoms with Gasteiger partial charge >= 0.3 is 0 Å². The van der Waals surface area contributed by atoms with E-state index in [2.05, 4.69) is 8.52 Å². The number of ether oxygens (including phenoxy) is 1. The molecule has 1 amide bonds. The molecule has 0 fully saturated rings. The van der Waals surface area contributed by atoms with Crippen molar-refractivity contribution in [2.24, 2.45) is 3.21 Å². The van der Waals surface area contributed by atoms with Crippen molar-refractivity contribution in [3.63, 3.8) is 0 Å². The van der Waals surface area contributed by atoms with E-state index in [0.29, 0.717) is 30.0 Å². The van der Waals surface area contributed by atoms with Crippen molar-refractivity contribution in [3.8, 4) is 5.75 Å². The number of amides is 1. The molecule has 2 rings (SSSR count). The van der Waals surface area contributed by atoms with E-state index in [1.54, 1.807) is 6.07 Å². The SMILES string of the molecule is COc1cc(CCNC(=O)/C(=N\I)c2ccc(C)cc2)ccc1C=O. The first-order valence-corrected chi connectivity index (χ1v) is 8.71. The molecule has 1 N–H and O–H groups in total. The fourth-order valence-electron chi connectivity index (χ4n) is 2.34. The highest BCUT2D eigenvalue weighted by molar-refractivity contribution is 14.1. The van der Waals surface area contributed by atoms with E-state index in [0.717, 1.165) is 23.0 Å². The van der Waals surface area contributed by atoms with Crippen molar-refractivity contribution in [2.75, 3.05) is 13.7 Å². The Bertz CT molecular complexity index is 786. The number of carbonyl (C=O) groups is 2. The highest BCUT2D eigenvalue weighted by Gasteiger charge is 2.13. The molecule has 25 heavy (non-hydrogen) atoms. The fourth-order valence-corrected chi connectivity index (χ4v) is 2.84. The summed E-state index contributed by atoms with van der Waals surface area (Å²) in [5, 5.41) is 2.88. The van der Waals surface area contributed by atoms with Crippen LogP contribution in [0.4, 0.5) is 0 Å². The predicted octanol–water partition coefficient (Wildman–Crippen LogP) is 3.31. The molecule has 0 aromatic heterocycles. The number of aryl methyl sites for hydroxylation is 1. The van der Waals surface area contributed by atoms with Crippen molar-refractivity contribution in [3.05, 3.63) is 64.7 Å². The molecule has 0 radical (unpaired) electrons. The number of aldehydes is 1. The zero-order valence-corrected chi connectivity index (χ0v) is 16.2. The van der Waals surface area contributed by atoms with Crippen LogP contribution < -0.4 is 10.1 Å². The second-order valence-electron chi connectivity index (χ2n) is 5.50. The Labute approximate surface area is 161 Å². The number of benzene rings is 2. The number of carbonyl (C=O) groups excluding carboxylic acids is 2. The second kappa shape index (κ2) is 9.31. The summed E-state index contributed by atoms with van der Waals surface area (Å²) in [4.78, 5) is 23.3. The van der Waals surface area contributed by atoms with Gasteiger partial charge in [0.1, 0.15) is 11.5 Å². The first-order chi connectivity index (χ1) is 12.1. The molecule has 0 aliphatic heterocycles. The lowest BCUT2D eigenvalue weighted by Gasteiger charge is -2.09. The van der Waals surface area contributed by atoms with E-state index in [-0.39, 0.29) is 5.91 Å². The molecule has 0 aliphatic rings. The van der Waals surface area contributed by atoms with Crippen LogP contribution in [0.1, 0.15) is 27.0 Å². The van der Waals surface area contributed by atoms with E-state index in [9.17, 15) is 9.59 Å². The molecule has 5 nitrogen and oxygen atoms in total. The van der Waals surface area contributed by atoms with Crippen LogP contribution in [0.15, 0.2) is 45.7 Å². The van der Waals surface area contributed by atoms with Gasteiger partial charge in [0.2, 0.25) is 0 Å². The van der Waals surface area contributed by atoms with Crippen molar-refractivity contribution < 1.29 is 14.3 Å². The van der Waals surface area contributed by atoms with Crippen molar-refractivity contribution in [2.45, 2.75) is 13.3 Å². The van der Waals surface area contributed by atoms with Crippen LogP contribution >= 0.6 is 22.9 Å². The third-order valence-corrected chi connectivity index (χ3v) is 4.23. The Balaban J connectivity index is 1.97. The summed E-state index contributed by atoms with van der Waals surface area (Å²) in [7, 11) is 1.53. The van der Waals surface area contributed by atoms with Gasteiger partial charge in [-0.05, 0) is 31.0 Å². The van der Waals surface area contributed by atoms with Crippen LogP contribution in [-0.4, -0.2) is 31.6 Å². The summed E-state index contributed by atoms with van der Waals surface area (Å²) >= 11 is 1.83. The highest BCUT2D eigenvalue weighted by atomic mass is 127. The fraction of sp³-hybridized carbons (Fsp3) is 0.211. The maximum absolute atomic E-state index is 12.4. The van der Waals surface area contributed by atoms with E-state index >= 15 is 0 Å². The topological polar surface area (TPSA) is 67.8 Å². The second-order valence-corrected chi connectivity index (χ2v) is 5.98. The molecule has 0 aliphatic carbocycles. The third kappa shape index (κ3) is 5.12. The largest absolute Gasteiger partial charge is 0.496 e. The van der Waals surface area contributed by atoms with Crippen molar-refractivity contribution >= 4 is 40.8 Å². The first-order valence-electron chi connectivity index (χ1n) is 7.75. The van der Waals surface area contributed by atoms with Gasteiger partial charge in [0, 0.05) is 12.1 Å². The quantitative estimate of drug-likeness (QED) is 0.400. The van der Waals surface area contributed by atoms with Crippen LogP contribution in [0.25, 0.3) is 0 Å². The van der Waals surface area contributed by atoms with Gasteiger partial charge < -0.3 is 10.1 Å². The van der Waals surface area contributed by atoms with E-state index in [4.69, 9.17) is 4.74 Å². The van der Waals surface area contributed by atoms with Crippen molar-refractivity contribution in [1.29, 1.82) is 0 Å². The zero-order valence-electron chi connectivity index (χ0n) is 14.1. The van der Waals surface area contributed by atoms with Gasteiger partial charge in [-0.3, -0.25) is 9.59 Å². The number of halogens is 1. The number of nitrogens with one attached hydrogen (secondary N) is 1. The van der Waals surface area contributed by atoms with E-state index in [1.807, 2.05) is 66.2 Å². The Morgan fingerprint density at radius 3 is 2.56 bits per heavy atom. The lowest BCUT2D eigenvalue weighted by molar-refractivity contribution is -0.114. The van der Waals surface area contributed by atoms with Crippen LogP contribution in [-0.2, 0) is 11.2 Å². The molecule has 0 unspecified atom stereocenters. The molecule has 2 aromatic carbocycles. The van der Waals surface area contributed by atoms with Crippen LogP contribution in [0.2, 0.25) is 0 Å². The number of hydrogen-bond donors (Lipinski definition) is 1. The Kier molecular flexibility index (Phi) is 7.12. The Morgan fingerprint density at radius 2 is 1.96 bits per heavy atom. The molecule has 130 valence electrons. The average Bonchev–Trinajstić information content (AvgIpc) is 2.63. The van der Waals surface area contributed by atoms with Gasteiger partial charge in [0.25, 0.3) is 5.91 Å². The summed E-state index contributed by atoms with van der Waals surface area (Å²) in [6, 6.07) is 13.0. The maximum Gasteiger partial charge on any atom is 0.271 e. The van der Waals surface area contributed by atoms with Gasteiger partial charge in [0.05, 0.1) is 35.5 Å².